The van der Waals surface area contributed by atoms with Gasteiger partial charge < -0.3 is 0 Å². The van der Waals surface area contributed by atoms with Crippen LogP contribution in [0.15, 0.2) is 29.8 Å². The molecular weight excluding hydrogens is 219 g/mol. The Kier molecular flexibility index (Phi) is 2.62. The van der Waals surface area contributed by atoms with Gasteiger partial charge in [0.05, 0.1) is 5.38 Å². The maximum atomic E-state index is 10.7. The number of alkyl halides is 1. The number of fused-ring (bicyclic) bond motifs is 1. The Morgan fingerprint density at radius 1 is 1.43 bits per heavy atom. The van der Waals surface area contributed by atoms with Gasteiger partial charge in [0, 0.05) is 10.6 Å². The highest BCUT2D eigenvalue weighted by Gasteiger charge is 2.20. The maximum absolute atomic E-state index is 10.7. The van der Waals surface area contributed by atoms with Gasteiger partial charge in [0.15, 0.2) is 0 Å². The van der Waals surface area contributed by atoms with Crippen molar-refractivity contribution in [2.24, 2.45) is 0 Å². The molecule has 1 nitrogen and oxygen atoms in total. The van der Waals surface area contributed by atoms with Crippen molar-refractivity contribution in [1.29, 1.82) is 0 Å². The van der Waals surface area contributed by atoms with E-state index in [4.69, 9.17) is 23.2 Å². The van der Waals surface area contributed by atoms with Gasteiger partial charge in [0.2, 0.25) is 0 Å². The zero-order valence-electron chi connectivity index (χ0n) is 7.34. The molecule has 3 heteroatoms. The Labute approximate surface area is 92.3 Å². The van der Waals surface area contributed by atoms with Crippen molar-refractivity contribution in [2.75, 3.05) is 0 Å². The third-order valence-corrected chi connectivity index (χ3v) is 3.09. The standard InChI is InChI=1S/C11H8Cl2O/c12-9-4-3-7-1-2-8(6-14)11(13)10(7)5-9/h2-6,11H,1H2. The molecule has 0 aliphatic heterocycles. The normalized spacial score (nSPS) is 19.9. The van der Waals surface area contributed by atoms with Gasteiger partial charge in [-0.3, -0.25) is 4.79 Å². The lowest BCUT2D eigenvalue weighted by molar-refractivity contribution is -0.105. The summed E-state index contributed by atoms with van der Waals surface area (Å²) in [6.45, 7) is 0. The number of benzene rings is 1. The smallest absolute Gasteiger partial charge is 0.147 e. The van der Waals surface area contributed by atoms with Gasteiger partial charge in [0.1, 0.15) is 6.29 Å². The number of aldehydes is 1. The van der Waals surface area contributed by atoms with Crippen molar-refractivity contribution >= 4 is 29.5 Å². The lowest BCUT2D eigenvalue weighted by Crippen LogP contribution is -2.06. The molecule has 0 bridgehead atoms. The van der Waals surface area contributed by atoms with Crippen molar-refractivity contribution < 1.29 is 4.79 Å². The van der Waals surface area contributed by atoms with E-state index in [2.05, 4.69) is 0 Å². The van der Waals surface area contributed by atoms with Crippen LogP contribution in [0.3, 0.4) is 0 Å². The Bertz CT molecular complexity index is 410. The third kappa shape index (κ3) is 1.58. The molecule has 14 heavy (non-hydrogen) atoms. The Morgan fingerprint density at radius 3 is 2.93 bits per heavy atom. The fourth-order valence-corrected chi connectivity index (χ4v) is 2.13. The first kappa shape index (κ1) is 9.75. The number of carbonyl (C=O) groups is 1. The minimum Gasteiger partial charge on any atom is -0.298 e. The van der Waals surface area contributed by atoms with E-state index in [-0.39, 0.29) is 5.38 Å². The second-order valence-corrected chi connectivity index (χ2v) is 4.10. The van der Waals surface area contributed by atoms with E-state index in [1.165, 1.54) is 0 Å². The van der Waals surface area contributed by atoms with E-state index < -0.39 is 0 Å². The monoisotopic (exact) mass is 226 g/mol. The third-order valence-electron chi connectivity index (χ3n) is 2.37. The van der Waals surface area contributed by atoms with Crippen molar-refractivity contribution in [3.63, 3.8) is 0 Å². The van der Waals surface area contributed by atoms with E-state index >= 15 is 0 Å². The van der Waals surface area contributed by atoms with E-state index in [1.54, 1.807) is 0 Å². The zero-order chi connectivity index (χ0) is 10.1. The molecule has 0 fully saturated rings. The molecule has 0 amide bonds. The number of carbonyl (C=O) groups excluding carboxylic acids is 1. The van der Waals surface area contributed by atoms with E-state index in [0.717, 1.165) is 23.8 Å². The molecule has 1 atom stereocenters. The fraction of sp³-hybridized carbons (Fsp3) is 0.182. The number of hydrogen-bond donors (Lipinski definition) is 0. The summed E-state index contributed by atoms with van der Waals surface area (Å²) in [5.41, 5.74) is 2.71. The molecule has 1 aliphatic rings. The van der Waals surface area contributed by atoms with Crippen LogP contribution in [0.5, 0.6) is 0 Å². The summed E-state index contributed by atoms with van der Waals surface area (Å²) in [7, 11) is 0. The lowest BCUT2D eigenvalue weighted by atomic mass is 9.92. The van der Waals surface area contributed by atoms with Crippen LogP contribution in [-0.2, 0) is 11.2 Å². The molecule has 1 aromatic rings. The van der Waals surface area contributed by atoms with Crippen molar-refractivity contribution in [2.45, 2.75) is 11.8 Å². The SMILES string of the molecule is O=CC1=CCc2ccc(Cl)cc2C1Cl. The molecule has 0 saturated carbocycles. The summed E-state index contributed by atoms with van der Waals surface area (Å²) in [5, 5.41) is 0.302. The highest BCUT2D eigenvalue weighted by Crippen LogP contribution is 2.35. The van der Waals surface area contributed by atoms with Crippen LogP contribution in [0.4, 0.5) is 0 Å². The van der Waals surface area contributed by atoms with Gasteiger partial charge in [-0.05, 0) is 29.7 Å². The number of allylic oxidation sites excluding steroid dienone is 2. The quantitative estimate of drug-likeness (QED) is 0.531. The molecular formula is C11H8Cl2O. The van der Waals surface area contributed by atoms with Gasteiger partial charge in [-0.25, -0.2) is 0 Å². The molecule has 0 radical (unpaired) electrons. The minimum absolute atomic E-state index is 0.352. The van der Waals surface area contributed by atoms with Crippen LogP contribution in [0.25, 0.3) is 0 Å². The molecule has 1 aliphatic carbocycles. The fourth-order valence-electron chi connectivity index (χ4n) is 1.61. The van der Waals surface area contributed by atoms with Gasteiger partial charge in [-0.15, -0.1) is 11.6 Å². The van der Waals surface area contributed by atoms with E-state index in [1.807, 2.05) is 24.3 Å². The summed E-state index contributed by atoms with van der Waals surface area (Å²) in [6, 6.07) is 5.61. The molecule has 1 unspecified atom stereocenters. The van der Waals surface area contributed by atoms with Gasteiger partial charge in [0.25, 0.3) is 0 Å². The summed E-state index contributed by atoms with van der Waals surface area (Å²) < 4.78 is 0. The minimum atomic E-state index is -0.352. The Hall–Kier alpha value is -0.790. The van der Waals surface area contributed by atoms with Crippen LogP contribution in [0.1, 0.15) is 16.5 Å². The number of rotatable bonds is 1. The van der Waals surface area contributed by atoms with Crippen molar-refractivity contribution in [1.82, 2.24) is 0 Å². The van der Waals surface area contributed by atoms with Crippen LogP contribution >= 0.6 is 23.2 Å². The first-order valence-corrected chi connectivity index (χ1v) is 5.11. The highest BCUT2D eigenvalue weighted by molar-refractivity contribution is 6.31. The molecule has 2 rings (SSSR count). The second-order valence-electron chi connectivity index (χ2n) is 3.23. The predicted molar refractivity (Wildman–Crippen MR) is 57.9 cm³/mol. The van der Waals surface area contributed by atoms with Crippen molar-refractivity contribution in [3.8, 4) is 0 Å². The zero-order valence-corrected chi connectivity index (χ0v) is 8.85. The number of halogens is 2. The largest absolute Gasteiger partial charge is 0.298 e. The summed E-state index contributed by atoms with van der Waals surface area (Å²) >= 11 is 12.0. The van der Waals surface area contributed by atoms with Crippen molar-refractivity contribution in [3.05, 3.63) is 46.0 Å². The molecule has 0 saturated heterocycles. The summed E-state index contributed by atoms with van der Waals surface area (Å²) in [6.07, 6.45) is 3.42. The highest BCUT2D eigenvalue weighted by atomic mass is 35.5. The van der Waals surface area contributed by atoms with Gasteiger partial charge >= 0.3 is 0 Å². The first-order valence-electron chi connectivity index (χ1n) is 4.30. The van der Waals surface area contributed by atoms with Crippen LogP contribution in [0.2, 0.25) is 5.02 Å². The molecule has 0 aromatic heterocycles. The van der Waals surface area contributed by atoms with Crippen LogP contribution in [0, 0.1) is 0 Å². The average Bonchev–Trinajstić information content (AvgIpc) is 2.20. The summed E-state index contributed by atoms with van der Waals surface area (Å²) in [5.74, 6) is 0. The van der Waals surface area contributed by atoms with Gasteiger partial charge in [-0.1, -0.05) is 23.7 Å². The molecule has 72 valence electrons. The van der Waals surface area contributed by atoms with E-state index in [9.17, 15) is 4.79 Å². The van der Waals surface area contributed by atoms with E-state index in [0.29, 0.717) is 10.6 Å². The van der Waals surface area contributed by atoms with Crippen LogP contribution < -0.4 is 0 Å². The first-order chi connectivity index (χ1) is 6.72. The topological polar surface area (TPSA) is 17.1 Å². The molecule has 0 spiro atoms. The Morgan fingerprint density at radius 2 is 2.21 bits per heavy atom. The Balaban J connectivity index is 2.49. The molecule has 0 N–H and O–H groups in total. The molecule has 1 aromatic carbocycles. The number of hydrogen-bond acceptors (Lipinski definition) is 1. The summed E-state index contributed by atoms with van der Waals surface area (Å²) in [4.78, 5) is 10.7. The average molecular weight is 227 g/mol. The van der Waals surface area contributed by atoms with Crippen LogP contribution in [-0.4, -0.2) is 6.29 Å². The second kappa shape index (κ2) is 3.76. The lowest BCUT2D eigenvalue weighted by Gasteiger charge is -2.19. The van der Waals surface area contributed by atoms with Gasteiger partial charge in [-0.2, -0.15) is 0 Å². The maximum Gasteiger partial charge on any atom is 0.147 e. The predicted octanol–water partition coefficient (Wildman–Crippen LogP) is 3.30. The molecule has 0 heterocycles.